The van der Waals surface area contributed by atoms with Crippen LogP contribution in [0.2, 0.25) is 0 Å². The Bertz CT molecular complexity index is 2130. The summed E-state index contributed by atoms with van der Waals surface area (Å²) in [5.41, 5.74) is -0.470. The number of hydrogen-bond donors (Lipinski definition) is 3. The van der Waals surface area contributed by atoms with Gasteiger partial charge in [0.15, 0.2) is 18.1 Å². The summed E-state index contributed by atoms with van der Waals surface area (Å²) in [4.78, 5) is 56.1. The molecule has 0 saturated carbocycles. The van der Waals surface area contributed by atoms with Gasteiger partial charge in [-0.25, -0.2) is 18.5 Å². The lowest BCUT2D eigenvalue weighted by Gasteiger charge is -2.30. The lowest BCUT2D eigenvalue weighted by atomic mass is 9.83. The average Bonchev–Trinajstić information content (AvgIpc) is 3.53. The van der Waals surface area contributed by atoms with E-state index in [4.69, 9.17) is 14.6 Å². The van der Waals surface area contributed by atoms with Gasteiger partial charge in [0.25, 0.3) is 5.91 Å². The van der Waals surface area contributed by atoms with Crippen molar-refractivity contribution in [2.24, 2.45) is 11.1 Å². The Morgan fingerprint density at radius 1 is 1.00 bits per heavy atom. The van der Waals surface area contributed by atoms with Crippen molar-refractivity contribution in [3.8, 4) is 11.5 Å². The molecule has 4 aromatic rings. The molecule has 0 spiro atoms. The molecule has 1 aromatic heterocycles. The molecular formula is C31H25F3N4O8S3. The van der Waals surface area contributed by atoms with Gasteiger partial charge >= 0.3 is 11.0 Å². The number of imide groups is 1. The highest BCUT2D eigenvalue weighted by Crippen LogP contribution is 2.54. The molecule has 1 saturated heterocycles. The smallest absolute Gasteiger partial charge is 0.416 e. The van der Waals surface area contributed by atoms with Crippen LogP contribution in [0.4, 0.5) is 24.5 Å². The van der Waals surface area contributed by atoms with Crippen molar-refractivity contribution in [1.82, 2.24) is 4.98 Å². The van der Waals surface area contributed by atoms with E-state index in [0.717, 1.165) is 46.2 Å². The van der Waals surface area contributed by atoms with Crippen LogP contribution >= 0.6 is 23.1 Å². The van der Waals surface area contributed by atoms with E-state index in [1.165, 1.54) is 36.4 Å². The van der Waals surface area contributed by atoms with Crippen LogP contribution in [0.25, 0.3) is 0 Å². The number of anilines is 2. The zero-order chi connectivity index (χ0) is 35.2. The number of thioether (sulfide) groups is 1. The van der Waals surface area contributed by atoms with Crippen LogP contribution in [0.15, 0.2) is 81.4 Å². The maximum atomic E-state index is 14.0. The first-order chi connectivity index (χ1) is 23.2. The summed E-state index contributed by atoms with van der Waals surface area (Å²) in [7, 11) is -3.91. The van der Waals surface area contributed by atoms with Crippen LogP contribution in [-0.2, 0) is 30.6 Å². The number of halogens is 3. The highest BCUT2D eigenvalue weighted by Gasteiger charge is 2.56. The maximum absolute atomic E-state index is 14.0. The molecule has 3 heterocycles. The van der Waals surface area contributed by atoms with E-state index >= 15 is 0 Å². The van der Waals surface area contributed by atoms with Crippen molar-refractivity contribution in [2.45, 2.75) is 34.2 Å². The highest BCUT2D eigenvalue weighted by molar-refractivity contribution is 8.00. The van der Waals surface area contributed by atoms with E-state index < -0.39 is 68.1 Å². The number of rotatable bonds is 9. The van der Waals surface area contributed by atoms with Gasteiger partial charge in [0.1, 0.15) is 5.25 Å². The number of aromatic amines is 1. The number of alkyl halides is 3. The summed E-state index contributed by atoms with van der Waals surface area (Å²) < 4.78 is 74.9. The molecule has 3 atom stereocenters. The quantitative estimate of drug-likeness (QED) is 0.212. The monoisotopic (exact) mass is 734 g/mol. The number of aromatic nitrogens is 1. The normalized spacial score (nSPS) is 19.0. The van der Waals surface area contributed by atoms with E-state index in [1.807, 2.05) is 0 Å². The van der Waals surface area contributed by atoms with Crippen molar-refractivity contribution in [3.63, 3.8) is 0 Å². The topological polar surface area (TPSA) is 178 Å². The molecule has 2 unspecified atom stereocenters. The first-order valence-electron chi connectivity index (χ1n) is 14.4. The third kappa shape index (κ3) is 6.81. The molecule has 0 aliphatic carbocycles. The largest absolute Gasteiger partial charge is 0.490 e. The van der Waals surface area contributed by atoms with E-state index in [9.17, 15) is 40.8 Å². The van der Waals surface area contributed by atoms with E-state index in [1.54, 1.807) is 19.1 Å². The van der Waals surface area contributed by atoms with Crippen molar-refractivity contribution in [1.29, 1.82) is 0 Å². The Hall–Kier alpha value is -4.65. The van der Waals surface area contributed by atoms with Crippen LogP contribution in [0.3, 0.4) is 0 Å². The minimum Gasteiger partial charge on any atom is -0.490 e. The molecule has 3 aromatic carbocycles. The Kier molecular flexibility index (Phi) is 9.08. The third-order valence-corrected chi connectivity index (χ3v) is 11.0. The molecule has 3 amide bonds. The van der Waals surface area contributed by atoms with Crippen molar-refractivity contribution in [2.75, 3.05) is 23.4 Å². The van der Waals surface area contributed by atoms with E-state index in [0.29, 0.717) is 21.2 Å². The molecule has 2 aliphatic rings. The number of primary sulfonamides is 1. The molecule has 1 fully saturated rings. The summed E-state index contributed by atoms with van der Waals surface area (Å²) >= 11 is 1.84. The van der Waals surface area contributed by atoms with Gasteiger partial charge in [-0.1, -0.05) is 35.2 Å². The number of ether oxygens (including phenoxy) is 2. The predicted molar refractivity (Wildman–Crippen MR) is 173 cm³/mol. The number of nitrogens with one attached hydrogen (secondary N) is 2. The minimum absolute atomic E-state index is 0.128. The Morgan fingerprint density at radius 3 is 2.41 bits per heavy atom. The van der Waals surface area contributed by atoms with Gasteiger partial charge in [0, 0.05) is 16.5 Å². The van der Waals surface area contributed by atoms with E-state index in [2.05, 4.69) is 10.3 Å². The fraction of sp³-hybridized carbons (Fsp3) is 0.226. The summed E-state index contributed by atoms with van der Waals surface area (Å²) in [5, 5.41) is 7.00. The molecule has 12 nitrogen and oxygen atoms in total. The number of carbonyl (C=O) groups is 3. The summed E-state index contributed by atoms with van der Waals surface area (Å²) in [5.74, 6) is -3.57. The second-order valence-electron chi connectivity index (χ2n) is 10.9. The lowest BCUT2D eigenvalue weighted by Crippen LogP contribution is -2.32. The SMILES string of the molecule is CCOc1cc([C@H]2c3sc(=O)[nH]c3SC3C(=O)N(c4cccc(C(F)(F)F)c4)C(=O)C32)ccc1OCC(=O)Nc1ccc(S(N)(=O)=O)cc1. The number of hydrogen-bond acceptors (Lipinski definition) is 10. The highest BCUT2D eigenvalue weighted by atomic mass is 32.2. The molecule has 18 heteroatoms. The number of fused-ring (bicyclic) bond motifs is 2. The fourth-order valence-electron chi connectivity index (χ4n) is 5.63. The van der Waals surface area contributed by atoms with Crippen LogP contribution in [-0.4, -0.2) is 49.6 Å². The minimum atomic E-state index is -4.70. The van der Waals surface area contributed by atoms with Crippen molar-refractivity contribution in [3.05, 3.63) is 92.4 Å². The molecular weight excluding hydrogens is 710 g/mol. The zero-order valence-corrected chi connectivity index (χ0v) is 27.6. The average molecular weight is 735 g/mol. The lowest BCUT2D eigenvalue weighted by molar-refractivity contribution is -0.137. The van der Waals surface area contributed by atoms with Gasteiger partial charge in [-0.15, -0.1) is 0 Å². The maximum Gasteiger partial charge on any atom is 0.416 e. The van der Waals surface area contributed by atoms with Gasteiger partial charge in [0.2, 0.25) is 21.8 Å². The molecule has 0 bridgehead atoms. The molecule has 0 radical (unpaired) electrons. The van der Waals surface area contributed by atoms with Crippen LogP contribution in [0, 0.1) is 5.92 Å². The molecule has 6 rings (SSSR count). The number of nitrogens with two attached hydrogens (primary N) is 1. The summed E-state index contributed by atoms with van der Waals surface area (Å²) in [6.07, 6.45) is -4.70. The van der Waals surface area contributed by atoms with Crippen molar-refractivity contribution >= 4 is 62.2 Å². The Labute approximate surface area is 284 Å². The molecule has 4 N–H and O–H groups in total. The van der Waals surface area contributed by atoms with Gasteiger partial charge in [-0.2, -0.15) is 13.2 Å². The van der Waals surface area contributed by atoms with Gasteiger partial charge in [-0.05, 0) is 67.1 Å². The summed E-state index contributed by atoms with van der Waals surface area (Å²) in [6.45, 7) is 1.42. The number of carbonyl (C=O) groups excluding carboxylic acids is 3. The summed E-state index contributed by atoms with van der Waals surface area (Å²) in [6, 6.07) is 13.8. The van der Waals surface area contributed by atoms with E-state index in [-0.39, 0.29) is 28.7 Å². The predicted octanol–water partition coefficient (Wildman–Crippen LogP) is 4.31. The molecule has 256 valence electrons. The standard InChI is InChI=1S/C31H25F3N4O8S3/c1-2-45-21-12-15(6-11-20(21)46-14-22(39)36-17-7-9-19(10-8-17)49(35,43)44)23-24-26(47-27-25(23)48-30(42)37-27)29(41)38(28(24)40)18-5-3-4-16(13-18)31(32,33)34/h3-13,23-24,26H,2,14H2,1H3,(H,36,39)(H,37,42)(H2,35,43,44)/t23-,24?,26?/m1/s1. The number of H-pyrrole nitrogens is 1. The van der Waals surface area contributed by atoms with Gasteiger partial charge < -0.3 is 19.8 Å². The first-order valence-corrected chi connectivity index (χ1v) is 17.7. The van der Waals surface area contributed by atoms with Crippen LogP contribution in [0.5, 0.6) is 11.5 Å². The zero-order valence-electron chi connectivity index (χ0n) is 25.1. The molecule has 2 aliphatic heterocycles. The fourth-order valence-corrected chi connectivity index (χ4v) is 8.66. The number of benzene rings is 3. The number of sulfonamides is 1. The van der Waals surface area contributed by atoms with Gasteiger partial charge in [-0.3, -0.25) is 19.2 Å². The number of nitrogens with zero attached hydrogens (tertiary/aromatic N) is 1. The molecule has 49 heavy (non-hydrogen) atoms. The van der Waals surface area contributed by atoms with Gasteiger partial charge in [0.05, 0.1) is 33.7 Å². The second-order valence-corrected chi connectivity index (χ2v) is 14.6. The number of amides is 3. The second kappa shape index (κ2) is 13.0. The first kappa shape index (κ1) is 34.2. The Morgan fingerprint density at radius 2 is 1.73 bits per heavy atom. The third-order valence-electron chi connectivity index (χ3n) is 7.71. The number of thiazole rings is 1. The van der Waals surface area contributed by atoms with Crippen molar-refractivity contribution < 1.29 is 45.4 Å². The Balaban J connectivity index is 1.28. The van der Waals surface area contributed by atoms with Crippen LogP contribution < -0.4 is 29.7 Å². The van der Waals surface area contributed by atoms with Crippen LogP contribution in [0.1, 0.15) is 28.8 Å².